The summed E-state index contributed by atoms with van der Waals surface area (Å²) in [5, 5.41) is 14.0. The highest BCUT2D eigenvalue weighted by Crippen LogP contribution is 2.23. The zero-order valence-electron chi connectivity index (χ0n) is 12.2. The fraction of sp³-hybridized carbons (Fsp3) is 0.375. The highest BCUT2D eigenvalue weighted by Gasteiger charge is 2.26. The summed E-state index contributed by atoms with van der Waals surface area (Å²) in [5.74, 6) is -0.779. The fourth-order valence-corrected chi connectivity index (χ4v) is 2.34. The van der Waals surface area contributed by atoms with Crippen molar-refractivity contribution in [2.75, 3.05) is 6.54 Å². The molecule has 2 N–H and O–H groups in total. The van der Waals surface area contributed by atoms with Crippen LogP contribution in [0.15, 0.2) is 30.5 Å². The van der Waals surface area contributed by atoms with E-state index in [9.17, 15) is 4.79 Å². The lowest BCUT2D eigenvalue weighted by Gasteiger charge is -2.19. The Hall–Kier alpha value is -1.65. The molecule has 1 aromatic heterocycles. The third kappa shape index (κ3) is 3.93. The van der Waals surface area contributed by atoms with Gasteiger partial charge in [0.2, 0.25) is 0 Å². The van der Waals surface area contributed by atoms with Gasteiger partial charge in [-0.2, -0.15) is 0 Å². The minimum atomic E-state index is -0.779. The summed E-state index contributed by atoms with van der Waals surface area (Å²) in [6, 6.07) is 7.64. The Labute approximate surface area is 129 Å². The number of aromatic nitrogens is 1. The van der Waals surface area contributed by atoms with Crippen LogP contribution in [0.4, 0.5) is 0 Å². The number of halogens is 1. The number of nitrogens with zero attached hydrogens (tertiary/aromatic N) is 1. The topological polar surface area (TPSA) is 62.2 Å². The minimum absolute atomic E-state index is 0.564. The lowest BCUT2D eigenvalue weighted by Crippen LogP contribution is -2.28. The molecule has 0 amide bonds. The molecule has 0 aliphatic carbocycles. The van der Waals surface area contributed by atoms with Crippen molar-refractivity contribution in [3.8, 4) is 0 Å². The van der Waals surface area contributed by atoms with Gasteiger partial charge in [-0.1, -0.05) is 17.7 Å². The Morgan fingerprint density at radius 1 is 1.43 bits per heavy atom. The van der Waals surface area contributed by atoms with E-state index in [-0.39, 0.29) is 0 Å². The smallest absolute Gasteiger partial charge is 0.309 e. The number of nitrogens with one attached hydrogen (secondary N) is 1. The highest BCUT2D eigenvalue weighted by molar-refractivity contribution is 6.31. The van der Waals surface area contributed by atoms with Crippen LogP contribution in [0, 0.1) is 5.41 Å². The Balaban J connectivity index is 2.03. The van der Waals surface area contributed by atoms with Crippen molar-refractivity contribution in [3.63, 3.8) is 0 Å². The minimum Gasteiger partial charge on any atom is -0.481 e. The van der Waals surface area contributed by atoms with Crippen LogP contribution < -0.4 is 5.32 Å². The SMILES string of the molecule is CC(C)(CCNCc1cc(Cl)cc2cccnc12)C(=O)O. The van der Waals surface area contributed by atoms with Crippen LogP contribution in [0.25, 0.3) is 10.9 Å². The fourth-order valence-electron chi connectivity index (χ4n) is 2.09. The molecule has 0 spiro atoms. The van der Waals surface area contributed by atoms with Crippen LogP contribution in [0.5, 0.6) is 0 Å². The molecule has 0 saturated carbocycles. The van der Waals surface area contributed by atoms with Crippen molar-refractivity contribution >= 4 is 28.5 Å². The van der Waals surface area contributed by atoms with Crippen LogP contribution in [0.3, 0.4) is 0 Å². The summed E-state index contributed by atoms with van der Waals surface area (Å²) >= 11 is 6.12. The maximum atomic E-state index is 11.0. The maximum absolute atomic E-state index is 11.0. The molecule has 0 atom stereocenters. The monoisotopic (exact) mass is 306 g/mol. The van der Waals surface area contributed by atoms with Crippen molar-refractivity contribution in [2.24, 2.45) is 5.41 Å². The van der Waals surface area contributed by atoms with Gasteiger partial charge in [0.05, 0.1) is 10.9 Å². The van der Waals surface area contributed by atoms with Crippen molar-refractivity contribution in [1.29, 1.82) is 0 Å². The van der Waals surface area contributed by atoms with E-state index in [0.717, 1.165) is 16.5 Å². The molecule has 2 aromatic rings. The average molecular weight is 307 g/mol. The van der Waals surface area contributed by atoms with Gasteiger partial charge in [0.25, 0.3) is 0 Å². The molecule has 0 aliphatic heterocycles. The Kier molecular flexibility index (Phi) is 4.80. The van der Waals surface area contributed by atoms with Gasteiger partial charge in [-0.25, -0.2) is 0 Å². The summed E-state index contributed by atoms with van der Waals surface area (Å²) in [5.41, 5.74) is 1.22. The van der Waals surface area contributed by atoms with Crippen LogP contribution >= 0.6 is 11.6 Å². The number of hydrogen-bond donors (Lipinski definition) is 2. The van der Waals surface area contributed by atoms with E-state index < -0.39 is 11.4 Å². The van der Waals surface area contributed by atoms with Crippen molar-refractivity contribution in [3.05, 3.63) is 41.0 Å². The van der Waals surface area contributed by atoms with E-state index in [1.54, 1.807) is 20.0 Å². The standard InChI is InChI=1S/C16H19ClN2O2/c1-16(2,15(20)21)5-7-18-10-12-9-13(17)8-11-4-3-6-19-14(11)12/h3-4,6,8-9,18H,5,7,10H2,1-2H3,(H,20,21). The summed E-state index contributed by atoms with van der Waals surface area (Å²) in [6.45, 7) is 4.70. The van der Waals surface area contributed by atoms with Gasteiger partial charge in [-0.15, -0.1) is 0 Å². The predicted molar refractivity (Wildman–Crippen MR) is 84.5 cm³/mol. The summed E-state index contributed by atoms with van der Waals surface area (Å²) in [6.07, 6.45) is 2.32. The number of fused-ring (bicyclic) bond motifs is 1. The molecule has 21 heavy (non-hydrogen) atoms. The van der Waals surface area contributed by atoms with Gasteiger partial charge in [0, 0.05) is 23.2 Å². The molecule has 112 valence electrons. The van der Waals surface area contributed by atoms with Crippen LogP contribution in [-0.4, -0.2) is 22.6 Å². The third-order valence-corrected chi connectivity index (χ3v) is 3.79. The van der Waals surface area contributed by atoms with Crippen LogP contribution in [-0.2, 0) is 11.3 Å². The molecule has 0 unspecified atom stereocenters. The van der Waals surface area contributed by atoms with E-state index in [0.29, 0.717) is 24.5 Å². The molecule has 2 rings (SSSR count). The van der Waals surface area contributed by atoms with Gasteiger partial charge >= 0.3 is 5.97 Å². The summed E-state index contributed by atoms with van der Waals surface area (Å²) < 4.78 is 0. The Morgan fingerprint density at radius 3 is 2.90 bits per heavy atom. The first-order valence-electron chi connectivity index (χ1n) is 6.87. The number of rotatable bonds is 6. The van der Waals surface area contributed by atoms with E-state index in [1.807, 2.05) is 24.3 Å². The average Bonchev–Trinajstić information content (AvgIpc) is 2.43. The van der Waals surface area contributed by atoms with Crippen LogP contribution in [0.1, 0.15) is 25.8 Å². The largest absolute Gasteiger partial charge is 0.481 e. The van der Waals surface area contributed by atoms with Gasteiger partial charge in [-0.3, -0.25) is 9.78 Å². The zero-order chi connectivity index (χ0) is 15.5. The van der Waals surface area contributed by atoms with E-state index in [1.165, 1.54) is 0 Å². The Bertz CT molecular complexity index is 656. The zero-order valence-corrected chi connectivity index (χ0v) is 12.9. The molecule has 5 heteroatoms. The van der Waals surface area contributed by atoms with Crippen molar-refractivity contribution < 1.29 is 9.90 Å². The normalized spacial score (nSPS) is 11.8. The quantitative estimate of drug-likeness (QED) is 0.802. The van der Waals surface area contributed by atoms with E-state index >= 15 is 0 Å². The van der Waals surface area contributed by atoms with Crippen molar-refractivity contribution in [2.45, 2.75) is 26.8 Å². The van der Waals surface area contributed by atoms with Crippen LogP contribution in [0.2, 0.25) is 5.02 Å². The van der Waals surface area contributed by atoms with Crippen molar-refractivity contribution in [1.82, 2.24) is 10.3 Å². The first kappa shape index (κ1) is 15.7. The van der Waals surface area contributed by atoms with Gasteiger partial charge in [-0.05, 0) is 50.6 Å². The first-order valence-corrected chi connectivity index (χ1v) is 7.25. The predicted octanol–water partition coefficient (Wildman–Crippen LogP) is 3.48. The molecule has 1 aromatic carbocycles. The molecule has 0 fully saturated rings. The molecular formula is C16H19ClN2O2. The summed E-state index contributed by atoms with van der Waals surface area (Å²) in [7, 11) is 0. The number of carboxylic acids is 1. The molecule has 0 aliphatic rings. The molecule has 1 heterocycles. The Morgan fingerprint density at radius 2 is 2.19 bits per heavy atom. The van der Waals surface area contributed by atoms with Gasteiger partial charge in [0.15, 0.2) is 0 Å². The number of hydrogen-bond acceptors (Lipinski definition) is 3. The van der Waals surface area contributed by atoms with Gasteiger partial charge in [0.1, 0.15) is 0 Å². The molecule has 4 nitrogen and oxygen atoms in total. The number of benzene rings is 1. The number of carboxylic acid groups (broad SMARTS) is 1. The second-order valence-electron chi connectivity index (χ2n) is 5.76. The molecule has 0 bridgehead atoms. The lowest BCUT2D eigenvalue weighted by molar-refractivity contribution is -0.147. The van der Waals surface area contributed by atoms with E-state index in [4.69, 9.17) is 16.7 Å². The molecular weight excluding hydrogens is 288 g/mol. The highest BCUT2D eigenvalue weighted by atomic mass is 35.5. The van der Waals surface area contributed by atoms with E-state index in [2.05, 4.69) is 10.3 Å². The second-order valence-corrected chi connectivity index (χ2v) is 6.19. The maximum Gasteiger partial charge on any atom is 0.309 e. The second kappa shape index (κ2) is 6.41. The lowest BCUT2D eigenvalue weighted by atomic mass is 9.90. The first-order chi connectivity index (χ1) is 9.90. The summed E-state index contributed by atoms with van der Waals surface area (Å²) in [4.78, 5) is 15.4. The number of carbonyl (C=O) groups is 1. The van der Waals surface area contributed by atoms with Gasteiger partial charge < -0.3 is 10.4 Å². The molecule has 0 radical (unpaired) electrons. The third-order valence-electron chi connectivity index (χ3n) is 3.57. The number of pyridine rings is 1. The molecule has 0 saturated heterocycles. The number of aliphatic carboxylic acids is 1.